The summed E-state index contributed by atoms with van der Waals surface area (Å²) in [5, 5.41) is 0. The maximum Gasteiger partial charge on any atom is 0.178 e. The highest BCUT2D eigenvalue weighted by Crippen LogP contribution is 2.21. The largest absolute Gasteiger partial charge is 0.331 e. The van der Waals surface area contributed by atoms with Gasteiger partial charge in [-0.15, -0.1) is 0 Å². The fourth-order valence-corrected chi connectivity index (χ4v) is 3.26. The minimum absolute atomic E-state index is 0.620. The highest BCUT2D eigenvalue weighted by Gasteiger charge is 2.08. The highest BCUT2D eigenvalue weighted by molar-refractivity contribution is 9.10. The van der Waals surface area contributed by atoms with Crippen LogP contribution in [-0.4, -0.2) is 21.6 Å². The number of rotatable bonds is 4. The van der Waals surface area contributed by atoms with Crippen LogP contribution in [0.25, 0.3) is 11.0 Å². The molecule has 0 spiro atoms. The lowest BCUT2D eigenvalue weighted by atomic mass is 10.2. The zero-order valence-corrected chi connectivity index (χ0v) is 13.1. The summed E-state index contributed by atoms with van der Waals surface area (Å²) in [6, 6.07) is 6.21. The average Bonchev–Trinajstić information content (AvgIpc) is 2.56. The Kier molecular flexibility index (Phi) is 4.33. The SMILES string of the molecule is CSCC(C)Cn1c(=S)[nH]c2ccc(Br)cc21. The molecule has 1 aromatic heterocycles. The van der Waals surface area contributed by atoms with Gasteiger partial charge in [-0.3, -0.25) is 0 Å². The summed E-state index contributed by atoms with van der Waals surface area (Å²) in [6.45, 7) is 3.23. The smallest absolute Gasteiger partial charge is 0.178 e. The molecule has 0 aliphatic rings. The molecule has 0 aliphatic heterocycles. The number of benzene rings is 1. The van der Waals surface area contributed by atoms with Crippen LogP contribution in [0.2, 0.25) is 0 Å². The number of nitrogens with one attached hydrogen (secondary N) is 1. The van der Waals surface area contributed by atoms with Gasteiger partial charge in [-0.2, -0.15) is 11.8 Å². The van der Waals surface area contributed by atoms with E-state index in [1.165, 1.54) is 5.52 Å². The van der Waals surface area contributed by atoms with Crippen LogP contribution in [0, 0.1) is 10.7 Å². The van der Waals surface area contributed by atoms with Crippen LogP contribution in [0.5, 0.6) is 0 Å². The summed E-state index contributed by atoms with van der Waals surface area (Å²) >= 11 is 10.8. The van der Waals surface area contributed by atoms with Crippen molar-refractivity contribution < 1.29 is 0 Å². The fourth-order valence-electron chi connectivity index (χ4n) is 1.96. The van der Waals surface area contributed by atoms with Gasteiger partial charge in [0, 0.05) is 11.0 Å². The molecule has 1 N–H and O–H groups in total. The Balaban J connectivity index is 2.42. The van der Waals surface area contributed by atoms with E-state index in [0.29, 0.717) is 5.92 Å². The molecule has 1 heterocycles. The first-order valence-electron chi connectivity index (χ1n) is 5.49. The van der Waals surface area contributed by atoms with Gasteiger partial charge in [0.1, 0.15) is 0 Å². The van der Waals surface area contributed by atoms with E-state index in [-0.39, 0.29) is 0 Å². The Hall–Kier alpha value is -0.260. The number of hydrogen-bond donors (Lipinski definition) is 1. The molecule has 0 bridgehead atoms. The van der Waals surface area contributed by atoms with E-state index in [1.54, 1.807) is 0 Å². The Morgan fingerprint density at radius 1 is 1.53 bits per heavy atom. The lowest BCUT2D eigenvalue weighted by Gasteiger charge is -2.11. The van der Waals surface area contributed by atoms with Gasteiger partial charge in [-0.1, -0.05) is 22.9 Å². The maximum atomic E-state index is 5.38. The molecule has 0 radical (unpaired) electrons. The van der Waals surface area contributed by atoms with Crippen molar-refractivity contribution in [2.24, 2.45) is 5.92 Å². The molecule has 2 aromatic rings. The lowest BCUT2D eigenvalue weighted by Crippen LogP contribution is -2.09. The molecule has 1 atom stereocenters. The Bertz CT molecular complexity index is 573. The lowest BCUT2D eigenvalue weighted by molar-refractivity contribution is 0.537. The van der Waals surface area contributed by atoms with Gasteiger partial charge < -0.3 is 9.55 Å². The van der Waals surface area contributed by atoms with E-state index in [9.17, 15) is 0 Å². The van der Waals surface area contributed by atoms with E-state index in [0.717, 1.165) is 27.1 Å². The van der Waals surface area contributed by atoms with Crippen molar-refractivity contribution >= 4 is 50.9 Å². The van der Waals surface area contributed by atoms with Crippen LogP contribution >= 0.6 is 39.9 Å². The van der Waals surface area contributed by atoms with Crippen LogP contribution < -0.4 is 0 Å². The average molecular weight is 331 g/mol. The second kappa shape index (κ2) is 5.59. The monoisotopic (exact) mass is 330 g/mol. The standard InChI is InChI=1S/C12H15BrN2S2/c1-8(7-17-2)6-15-11-5-9(13)3-4-10(11)14-12(15)16/h3-5,8H,6-7H2,1-2H3,(H,14,16). The Morgan fingerprint density at radius 3 is 3.00 bits per heavy atom. The minimum Gasteiger partial charge on any atom is -0.331 e. The van der Waals surface area contributed by atoms with Crippen LogP contribution in [0.4, 0.5) is 0 Å². The summed E-state index contributed by atoms with van der Waals surface area (Å²) in [5.41, 5.74) is 2.28. The molecule has 1 unspecified atom stereocenters. The molecule has 17 heavy (non-hydrogen) atoms. The molecule has 2 nitrogen and oxygen atoms in total. The van der Waals surface area contributed by atoms with Gasteiger partial charge in [-0.25, -0.2) is 0 Å². The number of H-pyrrole nitrogens is 1. The summed E-state index contributed by atoms with van der Waals surface area (Å²) in [4.78, 5) is 3.25. The molecule has 0 fully saturated rings. The second-order valence-corrected chi connectivity index (χ2v) is 6.48. The number of nitrogens with zero attached hydrogens (tertiary/aromatic N) is 1. The van der Waals surface area contributed by atoms with Crippen molar-refractivity contribution in [3.63, 3.8) is 0 Å². The third-order valence-corrected chi connectivity index (χ3v) is 4.40. The number of hydrogen-bond acceptors (Lipinski definition) is 2. The zero-order valence-electron chi connectivity index (χ0n) is 9.87. The van der Waals surface area contributed by atoms with Crippen molar-refractivity contribution in [2.75, 3.05) is 12.0 Å². The number of aromatic amines is 1. The van der Waals surface area contributed by atoms with Crippen molar-refractivity contribution in [3.8, 4) is 0 Å². The summed E-state index contributed by atoms with van der Waals surface area (Å²) in [6.07, 6.45) is 2.14. The summed E-state index contributed by atoms with van der Waals surface area (Å²) in [5.74, 6) is 1.78. The van der Waals surface area contributed by atoms with Gasteiger partial charge >= 0.3 is 0 Å². The molecule has 0 saturated carbocycles. The molecule has 2 rings (SSSR count). The Morgan fingerprint density at radius 2 is 2.29 bits per heavy atom. The Labute approximate surface area is 119 Å². The zero-order chi connectivity index (χ0) is 12.4. The third kappa shape index (κ3) is 2.95. The van der Waals surface area contributed by atoms with Gasteiger partial charge in [0.2, 0.25) is 0 Å². The van der Waals surface area contributed by atoms with E-state index in [1.807, 2.05) is 17.8 Å². The number of imidazole rings is 1. The molecule has 0 aliphatic carbocycles. The molecular formula is C12H15BrN2S2. The fraction of sp³-hybridized carbons (Fsp3) is 0.417. The summed E-state index contributed by atoms with van der Waals surface area (Å²) < 4.78 is 4.09. The third-order valence-electron chi connectivity index (χ3n) is 2.68. The molecule has 92 valence electrons. The molecule has 0 saturated heterocycles. The molecule has 5 heteroatoms. The van der Waals surface area contributed by atoms with E-state index >= 15 is 0 Å². The summed E-state index contributed by atoms with van der Waals surface area (Å²) in [7, 11) is 0. The molecule has 0 amide bonds. The van der Waals surface area contributed by atoms with E-state index in [4.69, 9.17) is 12.2 Å². The van der Waals surface area contributed by atoms with Crippen LogP contribution in [0.1, 0.15) is 6.92 Å². The quantitative estimate of drug-likeness (QED) is 0.835. The van der Waals surface area contributed by atoms with Crippen LogP contribution in [0.15, 0.2) is 22.7 Å². The van der Waals surface area contributed by atoms with Crippen LogP contribution in [0.3, 0.4) is 0 Å². The van der Waals surface area contributed by atoms with Gasteiger partial charge in [0.05, 0.1) is 11.0 Å². The number of halogens is 1. The molecule has 1 aromatic carbocycles. The van der Waals surface area contributed by atoms with E-state index < -0.39 is 0 Å². The first-order chi connectivity index (χ1) is 8.11. The first-order valence-corrected chi connectivity index (χ1v) is 8.08. The van der Waals surface area contributed by atoms with Gasteiger partial charge in [-0.05, 0) is 48.3 Å². The minimum atomic E-state index is 0.620. The van der Waals surface area contributed by atoms with Crippen molar-refractivity contribution in [3.05, 3.63) is 27.4 Å². The van der Waals surface area contributed by atoms with E-state index in [2.05, 4.69) is 50.8 Å². The maximum absolute atomic E-state index is 5.38. The number of thioether (sulfide) groups is 1. The van der Waals surface area contributed by atoms with Crippen molar-refractivity contribution in [2.45, 2.75) is 13.5 Å². The van der Waals surface area contributed by atoms with Gasteiger partial charge in [0.25, 0.3) is 0 Å². The van der Waals surface area contributed by atoms with Crippen LogP contribution in [-0.2, 0) is 6.54 Å². The number of aromatic nitrogens is 2. The highest BCUT2D eigenvalue weighted by atomic mass is 79.9. The predicted octanol–water partition coefficient (Wildman–Crippen LogP) is 4.46. The predicted molar refractivity (Wildman–Crippen MR) is 82.4 cm³/mol. The van der Waals surface area contributed by atoms with Crippen molar-refractivity contribution in [1.82, 2.24) is 9.55 Å². The van der Waals surface area contributed by atoms with Crippen molar-refractivity contribution in [1.29, 1.82) is 0 Å². The topological polar surface area (TPSA) is 20.7 Å². The first kappa shape index (κ1) is 13.2. The molecular weight excluding hydrogens is 316 g/mol. The normalized spacial score (nSPS) is 13.1. The second-order valence-electron chi connectivity index (χ2n) is 4.26. The van der Waals surface area contributed by atoms with Gasteiger partial charge in [0.15, 0.2) is 4.77 Å². The number of fused-ring (bicyclic) bond motifs is 1.